The molecule has 16 heavy (non-hydrogen) atoms. The average molecular weight is 239 g/mol. The Morgan fingerprint density at radius 3 is 3.12 bits per heavy atom. The van der Waals surface area contributed by atoms with Gasteiger partial charge >= 0.3 is 0 Å². The molecule has 1 aromatic heterocycles. The van der Waals surface area contributed by atoms with Crippen LogP contribution in [0.15, 0.2) is 5.51 Å². The monoisotopic (exact) mass is 239 g/mol. The zero-order valence-corrected chi connectivity index (χ0v) is 10.4. The molecule has 1 fully saturated rings. The molecular weight excluding hydrogens is 222 g/mol. The van der Waals surface area contributed by atoms with E-state index in [2.05, 4.69) is 22.5 Å². The maximum absolute atomic E-state index is 11.9. The third-order valence-corrected chi connectivity index (χ3v) is 3.84. The van der Waals surface area contributed by atoms with Gasteiger partial charge in [-0.3, -0.25) is 4.79 Å². The van der Waals surface area contributed by atoms with E-state index in [1.807, 2.05) is 6.92 Å². The highest BCUT2D eigenvalue weighted by atomic mass is 32.1. The molecule has 0 saturated carbocycles. The van der Waals surface area contributed by atoms with Crippen molar-refractivity contribution < 1.29 is 4.79 Å². The first-order valence-corrected chi connectivity index (χ1v) is 6.49. The lowest BCUT2D eigenvalue weighted by molar-refractivity contribution is 0.0929. The van der Waals surface area contributed by atoms with E-state index in [-0.39, 0.29) is 5.91 Å². The highest BCUT2D eigenvalue weighted by Gasteiger charge is 2.21. The topological polar surface area (TPSA) is 54.0 Å². The lowest BCUT2D eigenvalue weighted by Crippen LogP contribution is -2.46. The summed E-state index contributed by atoms with van der Waals surface area (Å²) in [4.78, 5) is 16.8. The smallest absolute Gasteiger partial charge is 0.263 e. The highest BCUT2D eigenvalue weighted by Crippen LogP contribution is 2.14. The van der Waals surface area contributed by atoms with Crippen LogP contribution in [0.5, 0.6) is 0 Å². The normalized spacial score (nSPS) is 25.4. The van der Waals surface area contributed by atoms with E-state index in [0.29, 0.717) is 12.1 Å². The molecule has 2 atom stereocenters. The first kappa shape index (κ1) is 11.5. The summed E-state index contributed by atoms with van der Waals surface area (Å²) < 4.78 is 0. The summed E-state index contributed by atoms with van der Waals surface area (Å²) in [6.45, 7) is 5.00. The average Bonchev–Trinajstić information content (AvgIpc) is 2.64. The van der Waals surface area contributed by atoms with Crippen molar-refractivity contribution in [3.8, 4) is 0 Å². The summed E-state index contributed by atoms with van der Waals surface area (Å²) in [6, 6.07) is 0.784. The summed E-state index contributed by atoms with van der Waals surface area (Å²) in [7, 11) is 0. The van der Waals surface area contributed by atoms with E-state index < -0.39 is 0 Å². The first-order chi connectivity index (χ1) is 7.66. The number of rotatable bonds is 2. The quantitative estimate of drug-likeness (QED) is 0.818. The molecule has 4 nitrogen and oxygen atoms in total. The van der Waals surface area contributed by atoms with Crippen LogP contribution in [-0.4, -0.2) is 29.5 Å². The Labute approximate surface area is 99.5 Å². The van der Waals surface area contributed by atoms with Gasteiger partial charge in [0.25, 0.3) is 5.91 Å². The lowest BCUT2D eigenvalue weighted by Gasteiger charge is -2.28. The number of aromatic nitrogens is 1. The number of carbonyl (C=O) groups is 1. The van der Waals surface area contributed by atoms with Crippen LogP contribution < -0.4 is 10.6 Å². The number of nitrogens with zero attached hydrogens (tertiary/aromatic N) is 1. The fraction of sp³-hybridized carbons (Fsp3) is 0.636. The zero-order valence-electron chi connectivity index (χ0n) is 9.62. The molecule has 0 aliphatic carbocycles. The molecule has 88 valence electrons. The van der Waals surface area contributed by atoms with Gasteiger partial charge in [0.1, 0.15) is 4.88 Å². The number of nitrogens with one attached hydrogen (secondary N) is 2. The summed E-state index contributed by atoms with van der Waals surface area (Å²) in [5.41, 5.74) is 2.54. The fourth-order valence-electron chi connectivity index (χ4n) is 2.03. The van der Waals surface area contributed by atoms with E-state index in [0.717, 1.165) is 30.0 Å². The second-order valence-corrected chi connectivity index (χ2v) is 5.17. The second kappa shape index (κ2) is 4.93. The minimum absolute atomic E-state index is 0.0269. The van der Waals surface area contributed by atoms with Crippen molar-refractivity contribution in [2.45, 2.75) is 38.8 Å². The zero-order chi connectivity index (χ0) is 11.5. The van der Waals surface area contributed by atoms with Gasteiger partial charge in [-0.15, -0.1) is 11.3 Å². The van der Waals surface area contributed by atoms with Gasteiger partial charge in [-0.25, -0.2) is 4.98 Å². The van der Waals surface area contributed by atoms with Crippen molar-refractivity contribution in [3.63, 3.8) is 0 Å². The lowest BCUT2D eigenvalue weighted by atomic mass is 10.0. The van der Waals surface area contributed by atoms with Gasteiger partial charge in [0, 0.05) is 12.1 Å². The molecule has 2 unspecified atom stereocenters. The fourth-order valence-corrected chi connectivity index (χ4v) is 2.74. The molecule has 1 amide bonds. The molecular formula is C11H17N3OS. The summed E-state index contributed by atoms with van der Waals surface area (Å²) >= 11 is 1.41. The molecule has 0 bridgehead atoms. The van der Waals surface area contributed by atoms with Crippen molar-refractivity contribution in [1.82, 2.24) is 15.6 Å². The number of amides is 1. The van der Waals surface area contributed by atoms with Gasteiger partial charge in [0.15, 0.2) is 0 Å². The third-order valence-electron chi connectivity index (χ3n) is 2.91. The van der Waals surface area contributed by atoms with Crippen LogP contribution >= 0.6 is 11.3 Å². The number of hydrogen-bond donors (Lipinski definition) is 2. The van der Waals surface area contributed by atoms with Crippen LogP contribution in [0.3, 0.4) is 0 Å². The van der Waals surface area contributed by atoms with Crippen LogP contribution in [0.2, 0.25) is 0 Å². The van der Waals surface area contributed by atoms with E-state index in [1.54, 1.807) is 5.51 Å². The van der Waals surface area contributed by atoms with Crippen molar-refractivity contribution in [3.05, 3.63) is 16.1 Å². The number of piperidine rings is 1. The highest BCUT2D eigenvalue weighted by molar-refractivity contribution is 7.11. The summed E-state index contributed by atoms with van der Waals surface area (Å²) in [6.07, 6.45) is 2.01. The molecule has 1 aromatic rings. The van der Waals surface area contributed by atoms with Gasteiger partial charge in [0.05, 0.1) is 11.2 Å². The van der Waals surface area contributed by atoms with Crippen LogP contribution in [-0.2, 0) is 0 Å². The predicted molar refractivity (Wildman–Crippen MR) is 64.8 cm³/mol. The molecule has 0 radical (unpaired) electrons. The SMILES string of the molecule is Cc1ncsc1C(=O)NC1CCNC(C)C1. The Balaban J connectivity index is 1.95. The Morgan fingerprint density at radius 1 is 1.69 bits per heavy atom. The van der Waals surface area contributed by atoms with Crippen LogP contribution in [0.4, 0.5) is 0 Å². The van der Waals surface area contributed by atoms with E-state index in [4.69, 9.17) is 0 Å². The van der Waals surface area contributed by atoms with E-state index in [9.17, 15) is 4.79 Å². The Kier molecular flexibility index (Phi) is 3.56. The Hall–Kier alpha value is -0.940. The standard InChI is InChI=1S/C11H17N3OS/c1-7-5-9(3-4-12-7)14-11(15)10-8(2)13-6-16-10/h6-7,9,12H,3-5H2,1-2H3,(H,14,15). The van der Waals surface area contributed by atoms with Crippen LogP contribution in [0.25, 0.3) is 0 Å². The molecule has 2 N–H and O–H groups in total. The van der Waals surface area contributed by atoms with Gasteiger partial charge in [-0.05, 0) is 33.2 Å². The largest absolute Gasteiger partial charge is 0.348 e. The molecule has 2 rings (SSSR count). The van der Waals surface area contributed by atoms with Crippen molar-refractivity contribution in [2.75, 3.05) is 6.54 Å². The Morgan fingerprint density at radius 2 is 2.50 bits per heavy atom. The van der Waals surface area contributed by atoms with E-state index in [1.165, 1.54) is 11.3 Å². The maximum Gasteiger partial charge on any atom is 0.263 e. The summed E-state index contributed by atoms with van der Waals surface area (Å²) in [5.74, 6) is 0.0269. The molecule has 1 aliphatic heterocycles. The number of carbonyl (C=O) groups excluding carboxylic acids is 1. The number of hydrogen-bond acceptors (Lipinski definition) is 4. The van der Waals surface area contributed by atoms with Gasteiger partial charge < -0.3 is 10.6 Å². The molecule has 1 aliphatic rings. The van der Waals surface area contributed by atoms with Crippen molar-refractivity contribution >= 4 is 17.2 Å². The second-order valence-electron chi connectivity index (χ2n) is 4.32. The number of aryl methyl sites for hydroxylation is 1. The Bertz CT molecular complexity index is 377. The summed E-state index contributed by atoms with van der Waals surface area (Å²) in [5, 5.41) is 6.45. The van der Waals surface area contributed by atoms with Gasteiger partial charge in [-0.1, -0.05) is 0 Å². The minimum Gasteiger partial charge on any atom is -0.348 e. The third kappa shape index (κ3) is 2.59. The first-order valence-electron chi connectivity index (χ1n) is 5.61. The van der Waals surface area contributed by atoms with E-state index >= 15 is 0 Å². The van der Waals surface area contributed by atoms with Gasteiger partial charge in [0.2, 0.25) is 0 Å². The molecule has 5 heteroatoms. The van der Waals surface area contributed by atoms with Gasteiger partial charge in [-0.2, -0.15) is 0 Å². The molecule has 0 aromatic carbocycles. The molecule has 2 heterocycles. The van der Waals surface area contributed by atoms with Crippen LogP contribution in [0, 0.1) is 6.92 Å². The molecule has 1 saturated heterocycles. The maximum atomic E-state index is 11.9. The number of thiazole rings is 1. The van der Waals surface area contributed by atoms with Crippen LogP contribution in [0.1, 0.15) is 35.1 Å². The molecule has 0 spiro atoms. The van der Waals surface area contributed by atoms with Crippen molar-refractivity contribution in [2.24, 2.45) is 0 Å². The minimum atomic E-state index is 0.0269. The van der Waals surface area contributed by atoms with Crippen molar-refractivity contribution in [1.29, 1.82) is 0 Å². The predicted octanol–water partition coefficient (Wildman–Crippen LogP) is 1.32.